The summed E-state index contributed by atoms with van der Waals surface area (Å²) in [7, 11) is 0. The zero-order chi connectivity index (χ0) is 15.8. The molecule has 114 valence electrons. The summed E-state index contributed by atoms with van der Waals surface area (Å²) in [4.78, 5) is 24.4. The summed E-state index contributed by atoms with van der Waals surface area (Å²) < 4.78 is 7.46. The number of amides is 1. The molecule has 0 unspecified atom stereocenters. The number of carbonyl (C=O) groups excluding carboxylic acids is 2. The Bertz CT molecular complexity index is 894. The van der Waals surface area contributed by atoms with E-state index in [4.69, 9.17) is 4.74 Å². The maximum absolute atomic E-state index is 12.5. The van der Waals surface area contributed by atoms with Gasteiger partial charge in [0.2, 0.25) is 0 Å². The van der Waals surface area contributed by atoms with Crippen LogP contribution >= 0.6 is 0 Å². The van der Waals surface area contributed by atoms with Gasteiger partial charge in [-0.1, -0.05) is 12.1 Å². The van der Waals surface area contributed by atoms with Crippen molar-refractivity contribution in [1.29, 1.82) is 0 Å². The number of benzene rings is 1. The van der Waals surface area contributed by atoms with E-state index in [0.29, 0.717) is 35.6 Å². The molecular weight excluding hydrogens is 292 g/mol. The highest BCUT2D eigenvalue weighted by atomic mass is 16.5. The Labute approximate surface area is 132 Å². The topological polar surface area (TPSA) is 59.8 Å². The van der Waals surface area contributed by atoms with Gasteiger partial charge in [-0.3, -0.25) is 9.59 Å². The SMILES string of the molecule is O=C(Nc1cccc2c1OCCC2=O)c1cc2ccccn2c1. The van der Waals surface area contributed by atoms with E-state index in [-0.39, 0.29) is 11.7 Å². The lowest BCUT2D eigenvalue weighted by molar-refractivity contribution is 0.0931. The van der Waals surface area contributed by atoms with E-state index in [1.54, 1.807) is 24.4 Å². The number of hydrogen-bond donors (Lipinski definition) is 1. The summed E-state index contributed by atoms with van der Waals surface area (Å²) in [5, 5.41) is 2.84. The predicted molar refractivity (Wildman–Crippen MR) is 86.2 cm³/mol. The Morgan fingerprint density at radius 1 is 1.17 bits per heavy atom. The molecule has 1 amide bonds. The molecule has 0 radical (unpaired) electrons. The lowest BCUT2D eigenvalue weighted by Gasteiger charge is -2.19. The standard InChI is InChI=1S/C18H14N2O3/c21-16-7-9-23-17-14(16)5-3-6-15(17)19-18(22)12-10-13-4-1-2-8-20(13)11-12/h1-6,8,10-11H,7,9H2,(H,19,22). The van der Waals surface area contributed by atoms with Gasteiger partial charge in [-0.2, -0.15) is 0 Å². The normalized spacial score (nSPS) is 13.5. The molecule has 23 heavy (non-hydrogen) atoms. The number of Topliss-reactive ketones (excluding diaryl/α,β-unsaturated/α-hetero) is 1. The molecule has 3 heterocycles. The van der Waals surface area contributed by atoms with Crippen molar-refractivity contribution in [1.82, 2.24) is 4.40 Å². The molecule has 0 aliphatic carbocycles. The number of fused-ring (bicyclic) bond motifs is 2. The van der Waals surface area contributed by atoms with E-state index in [9.17, 15) is 9.59 Å². The number of para-hydroxylation sites is 1. The van der Waals surface area contributed by atoms with Crippen molar-refractivity contribution in [2.24, 2.45) is 0 Å². The van der Waals surface area contributed by atoms with Crippen LogP contribution in [0.1, 0.15) is 27.1 Å². The minimum atomic E-state index is -0.233. The largest absolute Gasteiger partial charge is 0.490 e. The summed E-state index contributed by atoms with van der Waals surface area (Å²) in [5.74, 6) is 0.265. The third-order valence-corrected chi connectivity index (χ3v) is 3.91. The van der Waals surface area contributed by atoms with Gasteiger partial charge in [0.15, 0.2) is 11.5 Å². The lowest BCUT2D eigenvalue weighted by Crippen LogP contribution is -2.18. The molecule has 0 bridgehead atoms. The Balaban J connectivity index is 1.66. The number of nitrogens with zero attached hydrogens (tertiary/aromatic N) is 1. The molecule has 0 saturated heterocycles. The molecule has 5 heteroatoms. The Kier molecular flexibility index (Phi) is 3.12. The molecule has 2 aromatic heterocycles. The van der Waals surface area contributed by atoms with Crippen LogP contribution < -0.4 is 10.1 Å². The van der Waals surface area contributed by atoms with Crippen LogP contribution in [0.2, 0.25) is 0 Å². The zero-order valence-corrected chi connectivity index (χ0v) is 12.3. The monoisotopic (exact) mass is 306 g/mol. The zero-order valence-electron chi connectivity index (χ0n) is 12.3. The molecule has 5 nitrogen and oxygen atoms in total. The first kappa shape index (κ1) is 13.6. The van der Waals surface area contributed by atoms with Crippen LogP contribution in [0, 0.1) is 0 Å². The van der Waals surface area contributed by atoms with Crippen molar-refractivity contribution in [3.8, 4) is 5.75 Å². The van der Waals surface area contributed by atoms with Crippen molar-refractivity contribution >= 4 is 22.9 Å². The van der Waals surface area contributed by atoms with Gasteiger partial charge < -0.3 is 14.5 Å². The number of hydrogen-bond acceptors (Lipinski definition) is 3. The quantitative estimate of drug-likeness (QED) is 0.791. The van der Waals surface area contributed by atoms with E-state index in [2.05, 4.69) is 5.32 Å². The Morgan fingerprint density at radius 2 is 2.09 bits per heavy atom. The third-order valence-electron chi connectivity index (χ3n) is 3.91. The van der Waals surface area contributed by atoms with Gasteiger partial charge in [0.25, 0.3) is 5.91 Å². The average Bonchev–Trinajstić information content (AvgIpc) is 3.00. The summed E-state index contributed by atoms with van der Waals surface area (Å²) in [5.41, 5.74) is 2.54. The number of anilines is 1. The number of nitrogens with one attached hydrogen (secondary N) is 1. The van der Waals surface area contributed by atoms with E-state index >= 15 is 0 Å². The summed E-state index contributed by atoms with van der Waals surface area (Å²) in [6.07, 6.45) is 4.03. The molecule has 1 aromatic carbocycles. The van der Waals surface area contributed by atoms with Gasteiger partial charge in [0.1, 0.15) is 0 Å². The molecule has 0 saturated carbocycles. The minimum Gasteiger partial charge on any atom is -0.490 e. The highest BCUT2D eigenvalue weighted by Crippen LogP contribution is 2.33. The van der Waals surface area contributed by atoms with Crippen LogP contribution in [-0.2, 0) is 0 Å². The molecule has 1 aliphatic rings. The van der Waals surface area contributed by atoms with Gasteiger partial charge in [-0.05, 0) is 30.3 Å². The van der Waals surface area contributed by atoms with Gasteiger partial charge >= 0.3 is 0 Å². The van der Waals surface area contributed by atoms with Gasteiger partial charge in [-0.15, -0.1) is 0 Å². The second-order valence-corrected chi connectivity index (χ2v) is 5.42. The summed E-state index contributed by atoms with van der Waals surface area (Å²) >= 11 is 0. The number of ketones is 1. The van der Waals surface area contributed by atoms with Gasteiger partial charge in [0, 0.05) is 24.3 Å². The summed E-state index contributed by atoms with van der Waals surface area (Å²) in [6.45, 7) is 0.342. The highest BCUT2D eigenvalue weighted by Gasteiger charge is 2.22. The van der Waals surface area contributed by atoms with Crippen LogP contribution in [0.25, 0.3) is 5.52 Å². The number of rotatable bonds is 2. The van der Waals surface area contributed by atoms with Crippen LogP contribution in [0.4, 0.5) is 5.69 Å². The molecule has 0 atom stereocenters. The molecule has 3 aromatic rings. The third kappa shape index (κ3) is 2.36. The van der Waals surface area contributed by atoms with E-state index in [0.717, 1.165) is 5.52 Å². The Hall–Kier alpha value is -3.08. The first-order valence-electron chi connectivity index (χ1n) is 7.39. The molecule has 1 aliphatic heterocycles. The second-order valence-electron chi connectivity index (χ2n) is 5.42. The maximum Gasteiger partial charge on any atom is 0.257 e. The van der Waals surface area contributed by atoms with Gasteiger partial charge in [0.05, 0.1) is 23.4 Å². The number of ether oxygens (including phenoxy) is 1. The first-order valence-corrected chi connectivity index (χ1v) is 7.39. The number of carbonyl (C=O) groups is 2. The molecule has 1 N–H and O–H groups in total. The molecule has 0 spiro atoms. The second kappa shape index (κ2) is 5.28. The predicted octanol–water partition coefficient (Wildman–Crippen LogP) is 3.16. The summed E-state index contributed by atoms with van der Waals surface area (Å²) in [6, 6.07) is 12.8. The van der Waals surface area contributed by atoms with Crippen molar-refractivity contribution in [3.05, 3.63) is 66.0 Å². The fraction of sp³-hybridized carbons (Fsp3) is 0.111. The first-order chi connectivity index (χ1) is 11.2. The van der Waals surface area contributed by atoms with Crippen molar-refractivity contribution in [2.45, 2.75) is 6.42 Å². The van der Waals surface area contributed by atoms with Crippen LogP contribution in [-0.4, -0.2) is 22.7 Å². The number of aromatic nitrogens is 1. The maximum atomic E-state index is 12.5. The van der Waals surface area contributed by atoms with Crippen molar-refractivity contribution in [3.63, 3.8) is 0 Å². The van der Waals surface area contributed by atoms with E-state index in [1.165, 1.54) is 0 Å². The highest BCUT2D eigenvalue weighted by molar-refractivity contribution is 6.08. The number of pyridine rings is 1. The van der Waals surface area contributed by atoms with E-state index in [1.807, 2.05) is 34.9 Å². The van der Waals surface area contributed by atoms with Crippen LogP contribution in [0.5, 0.6) is 5.75 Å². The van der Waals surface area contributed by atoms with E-state index < -0.39 is 0 Å². The Morgan fingerprint density at radius 3 is 2.96 bits per heavy atom. The van der Waals surface area contributed by atoms with Gasteiger partial charge in [-0.25, -0.2) is 0 Å². The minimum absolute atomic E-state index is 0.0388. The molecular formula is C18H14N2O3. The molecule has 0 fully saturated rings. The average molecular weight is 306 g/mol. The fourth-order valence-electron chi connectivity index (χ4n) is 2.76. The van der Waals surface area contributed by atoms with Crippen LogP contribution in [0.15, 0.2) is 54.9 Å². The molecule has 4 rings (SSSR count). The van der Waals surface area contributed by atoms with Crippen LogP contribution in [0.3, 0.4) is 0 Å². The van der Waals surface area contributed by atoms with Crippen molar-refractivity contribution in [2.75, 3.05) is 11.9 Å². The lowest BCUT2D eigenvalue weighted by atomic mass is 10.0. The smallest absolute Gasteiger partial charge is 0.257 e. The fourth-order valence-corrected chi connectivity index (χ4v) is 2.76. The van der Waals surface area contributed by atoms with Crippen molar-refractivity contribution < 1.29 is 14.3 Å².